The molecular weight excluding hydrogens is 354 g/mol. The Balaban J connectivity index is 1.99. The van der Waals surface area contributed by atoms with Gasteiger partial charge in [-0.3, -0.25) is 4.79 Å². The Labute approximate surface area is 157 Å². The van der Waals surface area contributed by atoms with Crippen LogP contribution in [0.4, 0.5) is 14.5 Å². The van der Waals surface area contributed by atoms with E-state index in [4.69, 9.17) is 4.74 Å². The highest BCUT2D eigenvalue weighted by atomic mass is 19.3. The van der Waals surface area contributed by atoms with Gasteiger partial charge in [0.25, 0.3) is 5.91 Å². The lowest BCUT2D eigenvalue weighted by atomic mass is 10.2. The summed E-state index contributed by atoms with van der Waals surface area (Å²) in [5.41, 5.74) is 0.879. The molecule has 2 rings (SSSR count). The van der Waals surface area contributed by atoms with Gasteiger partial charge in [-0.15, -0.1) is 0 Å². The molecular formula is C20H24F2N2O3. The molecule has 1 N–H and O–H groups in total. The predicted octanol–water partition coefficient (Wildman–Crippen LogP) is 4.26. The summed E-state index contributed by atoms with van der Waals surface area (Å²) in [4.78, 5) is 14.7. The number of alkyl halides is 2. The number of halogens is 2. The normalized spacial score (nSPS) is 10.9. The highest BCUT2D eigenvalue weighted by molar-refractivity contribution is 6.05. The Morgan fingerprint density at radius 3 is 2.37 bits per heavy atom. The van der Waals surface area contributed by atoms with E-state index in [-0.39, 0.29) is 11.7 Å². The summed E-state index contributed by atoms with van der Waals surface area (Å²) in [5, 5.41) is 2.79. The lowest BCUT2D eigenvalue weighted by Crippen LogP contribution is -2.28. The van der Waals surface area contributed by atoms with Crippen molar-refractivity contribution in [3.05, 3.63) is 54.1 Å². The number of anilines is 1. The highest BCUT2D eigenvalue weighted by Crippen LogP contribution is 2.25. The minimum atomic E-state index is -2.90. The quantitative estimate of drug-likeness (QED) is 0.671. The maximum atomic E-state index is 12.4. The lowest BCUT2D eigenvalue weighted by molar-refractivity contribution is -0.0498. The first kappa shape index (κ1) is 20.6. The van der Waals surface area contributed by atoms with Gasteiger partial charge in [-0.1, -0.05) is 26.0 Å². The van der Waals surface area contributed by atoms with Crippen molar-refractivity contribution in [2.24, 2.45) is 0 Å². The topological polar surface area (TPSA) is 50.8 Å². The second-order valence-electron chi connectivity index (χ2n) is 5.73. The third-order valence-electron chi connectivity index (χ3n) is 4.04. The number of amides is 1. The first-order chi connectivity index (χ1) is 13.0. The molecule has 0 fully saturated rings. The van der Waals surface area contributed by atoms with Gasteiger partial charge in [0, 0.05) is 12.1 Å². The van der Waals surface area contributed by atoms with Gasteiger partial charge in [0.2, 0.25) is 0 Å². The molecule has 1 amide bonds. The van der Waals surface area contributed by atoms with Crippen LogP contribution >= 0.6 is 0 Å². The molecule has 0 spiro atoms. The van der Waals surface area contributed by atoms with Crippen molar-refractivity contribution in [1.29, 1.82) is 0 Å². The predicted molar refractivity (Wildman–Crippen MR) is 101 cm³/mol. The zero-order valence-electron chi connectivity index (χ0n) is 15.5. The summed E-state index contributed by atoms with van der Waals surface area (Å²) < 4.78 is 34.5. The first-order valence-corrected chi connectivity index (χ1v) is 8.83. The highest BCUT2D eigenvalue weighted by Gasteiger charge is 2.11. The van der Waals surface area contributed by atoms with E-state index in [0.717, 1.165) is 19.6 Å². The fourth-order valence-corrected chi connectivity index (χ4v) is 2.50. The van der Waals surface area contributed by atoms with Gasteiger partial charge in [0.05, 0.1) is 5.69 Å². The second kappa shape index (κ2) is 10.5. The van der Waals surface area contributed by atoms with Crippen LogP contribution in [0.3, 0.4) is 0 Å². The van der Waals surface area contributed by atoms with E-state index in [0.29, 0.717) is 23.6 Å². The molecule has 0 heterocycles. The molecule has 0 radical (unpaired) electrons. The van der Waals surface area contributed by atoms with Crippen LogP contribution in [0.2, 0.25) is 0 Å². The van der Waals surface area contributed by atoms with Crippen LogP contribution in [-0.4, -0.2) is 43.7 Å². The third kappa shape index (κ3) is 6.53. The number of hydrogen-bond acceptors (Lipinski definition) is 4. The molecule has 5 nitrogen and oxygen atoms in total. The van der Waals surface area contributed by atoms with Crippen molar-refractivity contribution in [2.75, 3.05) is 31.6 Å². The van der Waals surface area contributed by atoms with E-state index in [1.54, 1.807) is 18.2 Å². The zero-order chi connectivity index (χ0) is 19.6. The molecule has 0 aliphatic rings. The average Bonchev–Trinajstić information content (AvgIpc) is 2.66. The van der Waals surface area contributed by atoms with Crippen molar-refractivity contribution in [2.45, 2.75) is 20.5 Å². The van der Waals surface area contributed by atoms with Crippen molar-refractivity contribution in [1.82, 2.24) is 4.90 Å². The summed E-state index contributed by atoms with van der Waals surface area (Å²) in [6.45, 7) is 4.48. The van der Waals surface area contributed by atoms with Crippen LogP contribution in [0, 0.1) is 0 Å². The number of carbonyl (C=O) groups is 1. The number of nitrogens with one attached hydrogen (secondary N) is 1. The Kier molecular flexibility index (Phi) is 8.00. The summed E-state index contributed by atoms with van der Waals surface area (Å²) in [5.74, 6) is 0.218. The summed E-state index contributed by atoms with van der Waals surface area (Å²) in [7, 11) is 0. The number of rotatable bonds is 10. The number of likely N-dealkylation sites (N-methyl/N-ethyl adjacent to an activating group) is 1. The largest absolute Gasteiger partial charge is 0.490 e. The van der Waals surface area contributed by atoms with Crippen molar-refractivity contribution >= 4 is 11.6 Å². The molecule has 146 valence electrons. The summed E-state index contributed by atoms with van der Waals surface area (Å²) in [6.07, 6.45) is 0. The Bertz CT molecular complexity index is 719. The molecule has 2 aromatic carbocycles. The van der Waals surface area contributed by atoms with Crippen molar-refractivity contribution in [3.8, 4) is 11.5 Å². The van der Waals surface area contributed by atoms with E-state index in [2.05, 4.69) is 28.8 Å². The van der Waals surface area contributed by atoms with Crippen LogP contribution in [0.5, 0.6) is 11.5 Å². The first-order valence-electron chi connectivity index (χ1n) is 8.83. The maximum Gasteiger partial charge on any atom is 0.387 e. The van der Waals surface area contributed by atoms with Crippen molar-refractivity contribution in [3.63, 3.8) is 0 Å². The molecule has 0 atom stereocenters. The molecule has 0 aromatic heterocycles. The SMILES string of the molecule is CCN(CC)CCOc1ccccc1NC(=O)c1ccc(OC(F)F)cc1. The van der Waals surface area contributed by atoms with Gasteiger partial charge >= 0.3 is 6.61 Å². The van der Waals surface area contributed by atoms with Gasteiger partial charge in [-0.05, 0) is 49.5 Å². The Morgan fingerprint density at radius 1 is 1.07 bits per heavy atom. The summed E-state index contributed by atoms with van der Waals surface area (Å²) in [6, 6.07) is 12.7. The van der Waals surface area contributed by atoms with Gasteiger partial charge in [-0.2, -0.15) is 8.78 Å². The molecule has 27 heavy (non-hydrogen) atoms. The maximum absolute atomic E-state index is 12.4. The van der Waals surface area contributed by atoms with E-state index in [9.17, 15) is 13.6 Å². The minimum Gasteiger partial charge on any atom is -0.490 e. The van der Waals surface area contributed by atoms with Crippen LogP contribution in [0.1, 0.15) is 24.2 Å². The molecule has 7 heteroatoms. The molecule has 0 bridgehead atoms. The number of nitrogens with zero attached hydrogens (tertiary/aromatic N) is 1. The number of benzene rings is 2. The number of ether oxygens (including phenoxy) is 2. The number of para-hydroxylation sites is 2. The Morgan fingerprint density at radius 2 is 1.74 bits per heavy atom. The molecule has 2 aromatic rings. The van der Waals surface area contributed by atoms with Gasteiger partial charge < -0.3 is 19.7 Å². The fourth-order valence-electron chi connectivity index (χ4n) is 2.50. The fraction of sp³-hybridized carbons (Fsp3) is 0.350. The number of carbonyl (C=O) groups excluding carboxylic acids is 1. The molecule has 0 unspecified atom stereocenters. The molecule has 0 aliphatic heterocycles. The third-order valence-corrected chi connectivity index (χ3v) is 4.04. The Hall–Kier alpha value is -2.67. The van der Waals surface area contributed by atoms with Crippen molar-refractivity contribution < 1.29 is 23.0 Å². The monoisotopic (exact) mass is 378 g/mol. The van der Waals surface area contributed by atoms with Gasteiger partial charge in [0.15, 0.2) is 0 Å². The molecule has 0 saturated carbocycles. The second-order valence-corrected chi connectivity index (χ2v) is 5.73. The summed E-state index contributed by atoms with van der Waals surface area (Å²) >= 11 is 0. The lowest BCUT2D eigenvalue weighted by Gasteiger charge is -2.19. The van der Waals surface area contributed by atoms with Crippen LogP contribution in [0.25, 0.3) is 0 Å². The standard InChI is InChI=1S/C20H24F2N2O3/c1-3-24(4-2)13-14-26-18-8-6-5-7-17(18)23-19(25)15-9-11-16(12-10-15)27-20(21)22/h5-12,20H,3-4,13-14H2,1-2H3,(H,23,25). The smallest absolute Gasteiger partial charge is 0.387 e. The van der Waals surface area contributed by atoms with E-state index >= 15 is 0 Å². The molecule has 0 aliphatic carbocycles. The average molecular weight is 378 g/mol. The van der Waals surface area contributed by atoms with Crippen LogP contribution in [0.15, 0.2) is 48.5 Å². The van der Waals surface area contributed by atoms with E-state index in [1.807, 2.05) is 6.07 Å². The van der Waals surface area contributed by atoms with Crippen LogP contribution < -0.4 is 14.8 Å². The van der Waals surface area contributed by atoms with E-state index < -0.39 is 6.61 Å². The zero-order valence-corrected chi connectivity index (χ0v) is 15.5. The van der Waals surface area contributed by atoms with E-state index in [1.165, 1.54) is 24.3 Å². The van der Waals surface area contributed by atoms with Crippen LogP contribution in [-0.2, 0) is 0 Å². The van der Waals surface area contributed by atoms with Gasteiger partial charge in [0.1, 0.15) is 18.1 Å². The number of hydrogen-bond donors (Lipinski definition) is 1. The van der Waals surface area contributed by atoms with Gasteiger partial charge in [-0.25, -0.2) is 0 Å². The molecule has 0 saturated heterocycles. The minimum absolute atomic E-state index is 0.00156.